The van der Waals surface area contributed by atoms with Crippen molar-refractivity contribution >= 4 is 16.6 Å². The molecule has 3 heteroatoms. The average Bonchev–Trinajstić information content (AvgIpc) is 2.03. The number of hydrogen-bond donors (Lipinski definition) is 0. The van der Waals surface area contributed by atoms with Crippen molar-refractivity contribution in [1.29, 1.82) is 0 Å². The summed E-state index contributed by atoms with van der Waals surface area (Å²) in [7, 11) is 1.46. The van der Waals surface area contributed by atoms with Crippen LogP contribution in [0.2, 0.25) is 0 Å². The molecule has 1 rings (SSSR count). The van der Waals surface area contributed by atoms with Crippen molar-refractivity contribution in [2.24, 2.45) is 0 Å². The van der Waals surface area contributed by atoms with E-state index < -0.39 is 5.82 Å². The normalized spacial score (nSPS) is 9.58. The van der Waals surface area contributed by atoms with Crippen molar-refractivity contribution in [2.45, 2.75) is 0 Å². The van der Waals surface area contributed by atoms with E-state index in [9.17, 15) is 4.39 Å². The summed E-state index contributed by atoms with van der Waals surface area (Å²) in [5.74, 6) is -0.0237. The zero-order valence-electron chi connectivity index (χ0n) is 6.60. The third-order valence-corrected chi connectivity index (χ3v) is 1.66. The Balaban J connectivity index is 3.29. The second-order valence-corrected chi connectivity index (χ2v) is 2.68. The molecule has 0 unspecified atom stereocenters. The summed E-state index contributed by atoms with van der Waals surface area (Å²) in [5.41, 5.74) is 0.224. The smallest absolute Gasteiger partial charge is 0.135 e. The van der Waals surface area contributed by atoms with Gasteiger partial charge in [-0.1, -0.05) is 24.2 Å². The van der Waals surface area contributed by atoms with Crippen molar-refractivity contribution in [3.8, 4) is 5.75 Å². The van der Waals surface area contributed by atoms with E-state index in [0.717, 1.165) is 0 Å². The third-order valence-electron chi connectivity index (χ3n) is 1.47. The van der Waals surface area contributed by atoms with Crippen LogP contribution in [0.5, 0.6) is 5.75 Å². The molecule has 0 spiro atoms. The van der Waals surface area contributed by atoms with Crippen LogP contribution in [0.25, 0.3) is 5.03 Å². The zero-order valence-corrected chi connectivity index (χ0v) is 7.36. The van der Waals surface area contributed by atoms with Crippen LogP contribution in [-0.2, 0) is 0 Å². The van der Waals surface area contributed by atoms with Crippen molar-refractivity contribution in [2.75, 3.05) is 7.11 Å². The minimum Gasteiger partial charge on any atom is -0.496 e. The molecule has 1 aromatic rings. The van der Waals surface area contributed by atoms with Crippen molar-refractivity contribution in [3.63, 3.8) is 0 Å². The number of methoxy groups -OCH3 is 1. The van der Waals surface area contributed by atoms with Crippen molar-refractivity contribution < 1.29 is 9.13 Å². The molecule has 0 aliphatic carbocycles. The number of hydrogen-bond acceptors (Lipinski definition) is 1. The fourth-order valence-corrected chi connectivity index (χ4v) is 1.12. The predicted molar refractivity (Wildman–Crippen MR) is 47.8 cm³/mol. The third kappa shape index (κ3) is 1.59. The first-order chi connectivity index (χ1) is 5.66. The monoisotopic (exact) mass is 186 g/mol. The maximum atomic E-state index is 13.1. The summed E-state index contributed by atoms with van der Waals surface area (Å²) in [6, 6.07) is 4.49. The molecule has 0 N–H and O–H groups in total. The van der Waals surface area contributed by atoms with Crippen molar-refractivity contribution in [3.05, 3.63) is 36.2 Å². The summed E-state index contributed by atoms with van der Waals surface area (Å²) >= 11 is 5.58. The molecule has 0 aromatic heterocycles. The fourth-order valence-electron chi connectivity index (χ4n) is 0.938. The molecule has 0 amide bonds. The van der Waals surface area contributed by atoms with Crippen LogP contribution < -0.4 is 4.74 Å². The van der Waals surface area contributed by atoms with Gasteiger partial charge in [0.05, 0.1) is 12.7 Å². The van der Waals surface area contributed by atoms with Crippen LogP contribution in [0.15, 0.2) is 24.8 Å². The molecule has 0 saturated heterocycles. The van der Waals surface area contributed by atoms with Gasteiger partial charge in [-0.3, -0.25) is 0 Å². The van der Waals surface area contributed by atoms with Gasteiger partial charge in [-0.25, -0.2) is 4.39 Å². The SMILES string of the molecule is C=C(Cl)c1c(F)cccc1OC. The Morgan fingerprint density at radius 1 is 1.58 bits per heavy atom. The summed E-state index contributed by atoms with van der Waals surface area (Å²) in [4.78, 5) is 0. The Labute approximate surface area is 75.4 Å². The molecule has 0 atom stereocenters. The Morgan fingerprint density at radius 3 is 2.67 bits per heavy atom. The lowest BCUT2D eigenvalue weighted by Gasteiger charge is -2.06. The maximum Gasteiger partial charge on any atom is 0.135 e. The molecular weight excluding hydrogens is 179 g/mol. The van der Waals surface area contributed by atoms with E-state index in [0.29, 0.717) is 5.75 Å². The largest absolute Gasteiger partial charge is 0.496 e. The van der Waals surface area contributed by atoms with E-state index in [2.05, 4.69) is 6.58 Å². The van der Waals surface area contributed by atoms with Gasteiger partial charge in [-0.15, -0.1) is 0 Å². The van der Waals surface area contributed by atoms with Crippen LogP contribution in [-0.4, -0.2) is 7.11 Å². The molecule has 0 aliphatic heterocycles. The molecule has 0 saturated carbocycles. The van der Waals surface area contributed by atoms with Crippen LogP contribution >= 0.6 is 11.6 Å². The number of rotatable bonds is 2. The van der Waals surface area contributed by atoms with Crippen LogP contribution in [0.4, 0.5) is 4.39 Å². The number of benzene rings is 1. The maximum absolute atomic E-state index is 13.1. The molecule has 0 radical (unpaired) electrons. The minimum absolute atomic E-state index is 0.143. The Hall–Kier alpha value is -1.02. The summed E-state index contributed by atoms with van der Waals surface area (Å²) in [6.45, 7) is 3.44. The van der Waals surface area contributed by atoms with Gasteiger partial charge in [0.25, 0.3) is 0 Å². The van der Waals surface area contributed by atoms with E-state index in [4.69, 9.17) is 16.3 Å². The van der Waals surface area contributed by atoms with Gasteiger partial charge >= 0.3 is 0 Å². The summed E-state index contributed by atoms with van der Waals surface area (Å²) in [5, 5.41) is 0.143. The molecule has 0 bridgehead atoms. The second kappa shape index (κ2) is 3.59. The van der Waals surface area contributed by atoms with Gasteiger partial charge in [0.1, 0.15) is 11.6 Å². The zero-order chi connectivity index (χ0) is 9.14. The molecule has 0 fully saturated rings. The quantitative estimate of drug-likeness (QED) is 0.690. The van der Waals surface area contributed by atoms with E-state index >= 15 is 0 Å². The lowest BCUT2D eigenvalue weighted by Crippen LogP contribution is -1.91. The fraction of sp³-hybridized carbons (Fsp3) is 0.111. The van der Waals surface area contributed by atoms with Gasteiger partial charge in [0.15, 0.2) is 0 Å². The molecule has 12 heavy (non-hydrogen) atoms. The lowest BCUT2D eigenvalue weighted by molar-refractivity contribution is 0.410. The first kappa shape index (κ1) is 9.07. The minimum atomic E-state index is -0.422. The van der Waals surface area contributed by atoms with Gasteiger partial charge in [-0.05, 0) is 12.1 Å². The van der Waals surface area contributed by atoms with Gasteiger partial charge in [-0.2, -0.15) is 0 Å². The van der Waals surface area contributed by atoms with E-state index in [1.807, 2.05) is 0 Å². The highest BCUT2D eigenvalue weighted by molar-refractivity contribution is 6.48. The molecule has 0 aliphatic rings. The number of ether oxygens (including phenoxy) is 1. The first-order valence-electron chi connectivity index (χ1n) is 3.34. The Morgan fingerprint density at radius 2 is 2.25 bits per heavy atom. The predicted octanol–water partition coefficient (Wildman–Crippen LogP) is 3.04. The molecule has 0 heterocycles. The first-order valence-corrected chi connectivity index (χ1v) is 3.72. The van der Waals surface area contributed by atoms with Crippen LogP contribution in [0, 0.1) is 5.82 Å². The second-order valence-electron chi connectivity index (χ2n) is 2.22. The highest BCUT2D eigenvalue weighted by Gasteiger charge is 2.09. The molecule has 64 valence electrons. The Kier molecular flexibility index (Phi) is 2.71. The average molecular weight is 187 g/mol. The van der Waals surface area contributed by atoms with E-state index in [-0.39, 0.29) is 10.6 Å². The van der Waals surface area contributed by atoms with Crippen molar-refractivity contribution in [1.82, 2.24) is 0 Å². The van der Waals surface area contributed by atoms with Crippen LogP contribution in [0.3, 0.4) is 0 Å². The summed E-state index contributed by atoms with van der Waals surface area (Å²) in [6.07, 6.45) is 0. The molecule has 1 nitrogen and oxygen atoms in total. The summed E-state index contributed by atoms with van der Waals surface area (Å²) < 4.78 is 18.0. The highest BCUT2D eigenvalue weighted by atomic mass is 35.5. The van der Waals surface area contributed by atoms with Gasteiger partial charge in [0.2, 0.25) is 0 Å². The van der Waals surface area contributed by atoms with Gasteiger partial charge in [0, 0.05) is 5.03 Å². The lowest BCUT2D eigenvalue weighted by atomic mass is 10.2. The number of halogens is 2. The topological polar surface area (TPSA) is 9.23 Å². The Bertz CT molecular complexity index is 309. The molecule has 1 aromatic carbocycles. The highest BCUT2D eigenvalue weighted by Crippen LogP contribution is 2.29. The standard InChI is InChI=1S/C9H8ClFO/c1-6(10)9-7(11)4-3-5-8(9)12-2/h3-5H,1H2,2H3. The molecular formula is C9H8ClFO. The van der Waals surface area contributed by atoms with Crippen LogP contribution in [0.1, 0.15) is 5.56 Å². The van der Waals surface area contributed by atoms with E-state index in [1.54, 1.807) is 12.1 Å². The van der Waals surface area contributed by atoms with E-state index in [1.165, 1.54) is 13.2 Å². The van der Waals surface area contributed by atoms with Gasteiger partial charge < -0.3 is 4.74 Å².